The summed E-state index contributed by atoms with van der Waals surface area (Å²) in [5.74, 6) is 0.996. The van der Waals surface area contributed by atoms with Crippen LogP contribution in [-0.2, 0) is 7.05 Å². The maximum absolute atomic E-state index is 8.93. The molecule has 7 nitrogen and oxygen atoms in total. The van der Waals surface area contributed by atoms with Crippen LogP contribution in [0.1, 0.15) is 24.1 Å². The molecule has 1 fully saturated rings. The smallest absolute Gasteiger partial charge is 0.175 e. The summed E-state index contributed by atoms with van der Waals surface area (Å²) in [4.78, 5) is 4.58. The molecule has 112 valence electrons. The Bertz CT molecular complexity index is 489. The lowest BCUT2D eigenvalue weighted by Crippen LogP contribution is -2.33. The summed E-state index contributed by atoms with van der Waals surface area (Å²) in [6, 6.07) is 0. The Morgan fingerprint density at radius 3 is 2.70 bits per heavy atom. The first kappa shape index (κ1) is 14.6. The lowest BCUT2D eigenvalue weighted by Gasteiger charge is -2.24. The molecule has 3 N–H and O–H groups in total. The fourth-order valence-corrected chi connectivity index (χ4v) is 2.84. The number of rotatable bonds is 5. The highest BCUT2D eigenvalue weighted by atomic mass is 16.4. The number of amidine groups is 1. The molecule has 7 heteroatoms. The molecular formula is C13H24N6O. The first-order valence-electron chi connectivity index (χ1n) is 6.99. The van der Waals surface area contributed by atoms with Gasteiger partial charge in [-0.05, 0) is 32.9 Å². The molecule has 0 spiro atoms. The highest BCUT2D eigenvalue weighted by molar-refractivity contribution is 6.02. The molecule has 0 radical (unpaired) electrons. The van der Waals surface area contributed by atoms with Gasteiger partial charge in [-0.15, -0.1) is 0 Å². The van der Waals surface area contributed by atoms with Gasteiger partial charge in [-0.25, -0.2) is 0 Å². The Balaban J connectivity index is 2.13. The summed E-state index contributed by atoms with van der Waals surface area (Å²) in [6.45, 7) is 6.16. The first-order valence-corrected chi connectivity index (χ1v) is 6.99. The summed E-state index contributed by atoms with van der Waals surface area (Å²) in [7, 11) is 3.89. The van der Waals surface area contributed by atoms with Crippen LogP contribution in [0.4, 0.5) is 5.82 Å². The third kappa shape index (κ3) is 2.87. The average Bonchev–Trinajstić information content (AvgIpc) is 3.02. The normalized spacial score (nSPS) is 16.9. The number of likely N-dealkylation sites (tertiary alicyclic amines) is 1. The Morgan fingerprint density at radius 1 is 1.45 bits per heavy atom. The van der Waals surface area contributed by atoms with Gasteiger partial charge in [-0.2, -0.15) is 5.10 Å². The van der Waals surface area contributed by atoms with E-state index in [0.29, 0.717) is 5.56 Å². The number of anilines is 1. The van der Waals surface area contributed by atoms with Crippen molar-refractivity contribution in [2.75, 3.05) is 38.1 Å². The van der Waals surface area contributed by atoms with Gasteiger partial charge in [0, 0.05) is 27.2 Å². The summed E-state index contributed by atoms with van der Waals surface area (Å²) < 4.78 is 1.78. The maximum atomic E-state index is 8.93. The number of nitrogens with two attached hydrogens (primary N) is 1. The third-order valence-corrected chi connectivity index (χ3v) is 3.87. The van der Waals surface area contributed by atoms with E-state index in [1.165, 1.54) is 25.9 Å². The Hall–Kier alpha value is -1.76. The summed E-state index contributed by atoms with van der Waals surface area (Å²) >= 11 is 0. The molecule has 1 aromatic rings. The zero-order valence-electron chi connectivity index (χ0n) is 12.5. The van der Waals surface area contributed by atoms with Crippen LogP contribution in [0.15, 0.2) is 5.16 Å². The second-order valence-electron chi connectivity index (χ2n) is 5.36. The Morgan fingerprint density at radius 2 is 2.10 bits per heavy atom. The van der Waals surface area contributed by atoms with Gasteiger partial charge in [0.25, 0.3) is 0 Å². The van der Waals surface area contributed by atoms with E-state index in [2.05, 4.69) is 20.1 Å². The predicted octanol–water partition coefficient (Wildman–Crippen LogP) is 0.355. The van der Waals surface area contributed by atoms with Crippen LogP contribution in [0.5, 0.6) is 0 Å². The predicted molar refractivity (Wildman–Crippen MR) is 79.4 cm³/mol. The van der Waals surface area contributed by atoms with Gasteiger partial charge in [-0.3, -0.25) is 4.68 Å². The fraction of sp³-hybridized carbons (Fsp3) is 0.692. The molecule has 1 aliphatic rings. The first-order chi connectivity index (χ1) is 9.54. The van der Waals surface area contributed by atoms with Crippen LogP contribution in [-0.4, -0.2) is 58.9 Å². The Kier molecular flexibility index (Phi) is 4.49. The van der Waals surface area contributed by atoms with Crippen molar-refractivity contribution < 1.29 is 5.21 Å². The molecule has 20 heavy (non-hydrogen) atoms. The molecule has 0 amide bonds. The molecule has 0 saturated carbocycles. The number of oxime groups is 1. The van der Waals surface area contributed by atoms with E-state index in [9.17, 15) is 0 Å². The van der Waals surface area contributed by atoms with Crippen LogP contribution in [0.3, 0.4) is 0 Å². The van der Waals surface area contributed by atoms with E-state index in [1.54, 1.807) is 4.68 Å². The average molecular weight is 280 g/mol. The van der Waals surface area contributed by atoms with Gasteiger partial charge in [0.15, 0.2) is 5.84 Å². The number of aromatic nitrogens is 2. The van der Waals surface area contributed by atoms with Gasteiger partial charge >= 0.3 is 0 Å². The number of aryl methyl sites for hydroxylation is 2. The number of hydrogen-bond acceptors (Lipinski definition) is 5. The third-order valence-electron chi connectivity index (χ3n) is 3.87. The molecule has 0 aliphatic carbocycles. The molecule has 0 unspecified atom stereocenters. The largest absolute Gasteiger partial charge is 0.409 e. The molecule has 0 bridgehead atoms. The van der Waals surface area contributed by atoms with Crippen molar-refractivity contribution >= 4 is 11.7 Å². The maximum Gasteiger partial charge on any atom is 0.175 e. The van der Waals surface area contributed by atoms with E-state index >= 15 is 0 Å². The van der Waals surface area contributed by atoms with Crippen molar-refractivity contribution in [3.05, 3.63) is 11.3 Å². The van der Waals surface area contributed by atoms with Crippen LogP contribution >= 0.6 is 0 Å². The van der Waals surface area contributed by atoms with Gasteiger partial charge < -0.3 is 20.7 Å². The monoisotopic (exact) mass is 280 g/mol. The standard InChI is InChI=1S/C13H24N6O/c1-10-11(12(14)16-20)13(18(3)15-10)17(2)8-9-19-6-4-5-7-19/h20H,4-9H2,1-3H3,(H2,14,16). The van der Waals surface area contributed by atoms with Crippen molar-refractivity contribution in [2.24, 2.45) is 17.9 Å². The number of nitrogens with zero attached hydrogens (tertiary/aromatic N) is 5. The van der Waals surface area contributed by atoms with Crippen molar-refractivity contribution in [1.82, 2.24) is 14.7 Å². The fourth-order valence-electron chi connectivity index (χ4n) is 2.84. The minimum Gasteiger partial charge on any atom is -0.409 e. The summed E-state index contributed by atoms with van der Waals surface area (Å²) in [6.07, 6.45) is 2.59. The molecule has 2 heterocycles. The van der Waals surface area contributed by atoms with Crippen LogP contribution in [0.25, 0.3) is 0 Å². The van der Waals surface area contributed by atoms with E-state index in [0.717, 1.165) is 24.6 Å². The van der Waals surface area contributed by atoms with Gasteiger partial charge in [0.05, 0.1) is 11.3 Å². The van der Waals surface area contributed by atoms with E-state index in [-0.39, 0.29) is 5.84 Å². The highest BCUT2D eigenvalue weighted by Crippen LogP contribution is 2.22. The minimum atomic E-state index is 0.110. The lowest BCUT2D eigenvalue weighted by atomic mass is 10.2. The van der Waals surface area contributed by atoms with Gasteiger partial charge in [0.2, 0.25) is 0 Å². The Labute approximate surface area is 119 Å². The zero-order valence-corrected chi connectivity index (χ0v) is 12.5. The summed E-state index contributed by atoms with van der Waals surface area (Å²) in [5, 5.41) is 16.4. The molecule has 2 rings (SSSR count). The minimum absolute atomic E-state index is 0.110. The van der Waals surface area contributed by atoms with Crippen LogP contribution in [0.2, 0.25) is 0 Å². The molecule has 1 aliphatic heterocycles. The van der Waals surface area contributed by atoms with Crippen molar-refractivity contribution in [3.63, 3.8) is 0 Å². The molecule has 1 saturated heterocycles. The number of hydrogen-bond donors (Lipinski definition) is 2. The second kappa shape index (κ2) is 6.13. The number of likely N-dealkylation sites (N-methyl/N-ethyl adjacent to an activating group) is 1. The van der Waals surface area contributed by atoms with Crippen molar-refractivity contribution in [1.29, 1.82) is 0 Å². The zero-order chi connectivity index (χ0) is 14.7. The quantitative estimate of drug-likeness (QED) is 0.352. The highest BCUT2D eigenvalue weighted by Gasteiger charge is 2.21. The van der Waals surface area contributed by atoms with Crippen molar-refractivity contribution in [3.8, 4) is 0 Å². The van der Waals surface area contributed by atoms with Crippen molar-refractivity contribution in [2.45, 2.75) is 19.8 Å². The van der Waals surface area contributed by atoms with Gasteiger partial charge in [-0.1, -0.05) is 5.16 Å². The molecule has 0 aromatic carbocycles. The van der Waals surface area contributed by atoms with E-state index < -0.39 is 0 Å². The topological polar surface area (TPSA) is 82.9 Å². The van der Waals surface area contributed by atoms with Crippen LogP contribution < -0.4 is 10.6 Å². The molecular weight excluding hydrogens is 256 g/mol. The SMILES string of the molecule is Cc1nn(C)c(N(C)CCN2CCCC2)c1C(N)=NO. The summed E-state index contributed by atoms with van der Waals surface area (Å²) in [5.41, 5.74) is 7.25. The van der Waals surface area contributed by atoms with E-state index in [4.69, 9.17) is 10.9 Å². The second-order valence-corrected chi connectivity index (χ2v) is 5.36. The molecule has 1 aromatic heterocycles. The van der Waals surface area contributed by atoms with Crippen LogP contribution in [0, 0.1) is 6.92 Å². The van der Waals surface area contributed by atoms with Gasteiger partial charge in [0.1, 0.15) is 5.82 Å². The van der Waals surface area contributed by atoms with E-state index in [1.807, 2.05) is 21.0 Å². The molecule has 0 atom stereocenters. The lowest BCUT2D eigenvalue weighted by molar-refractivity contribution is 0.318.